The molecular formula is C14H28N2O4Si3. The predicted molar refractivity (Wildman–Crippen MR) is 98.5 cm³/mol. The Kier molecular flexibility index (Phi) is 5.49. The van der Waals surface area contributed by atoms with Gasteiger partial charge in [0.15, 0.2) is 19.6 Å². The zero-order valence-electron chi connectivity index (χ0n) is 15.6. The molecule has 1 aromatic heterocycles. The SMILES string of the molecule is C[Si](C)(C)OC(=O)c1ncn([Si](C)(C)C)c1C(=O)O[Si](C)(C)C. The zero-order chi connectivity index (χ0) is 18.2. The Balaban J connectivity index is 3.36. The van der Waals surface area contributed by atoms with E-state index in [0.717, 1.165) is 0 Å². The Morgan fingerprint density at radius 3 is 1.70 bits per heavy atom. The van der Waals surface area contributed by atoms with Crippen LogP contribution in [0.25, 0.3) is 0 Å². The van der Waals surface area contributed by atoms with E-state index in [2.05, 4.69) is 24.6 Å². The molecule has 0 atom stereocenters. The molecule has 0 radical (unpaired) electrons. The second kappa shape index (κ2) is 6.36. The topological polar surface area (TPSA) is 70.4 Å². The van der Waals surface area contributed by atoms with Gasteiger partial charge in [0.1, 0.15) is 0 Å². The number of hydrogen-bond donors (Lipinski definition) is 0. The van der Waals surface area contributed by atoms with Crippen molar-refractivity contribution < 1.29 is 18.4 Å². The summed E-state index contributed by atoms with van der Waals surface area (Å²) in [6.07, 6.45) is 1.56. The normalized spacial score (nSPS) is 12.9. The average Bonchev–Trinajstić information content (AvgIpc) is 2.67. The fraction of sp³-hybridized carbons (Fsp3) is 0.643. The number of carbonyl (C=O) groups is 2. The van der Waals surface area contributed by atoms with Crippen LogP contribution in [-0.2, 0) is 8.85 Å². The van der Waals surface area contributed by atoms with Crippen LogP contribution in [0.2, 0.25) is 58.9 Å². The summed E-state index contributed by atoms with van der Waals surface area (Å²) < 4.78 is 12.9. The lowest BCUT2D eigenvalue weighted by Crippen LogP contribution is -2.38. The molecule has 0 fully saturated rings. The van der Waals surface area contributed by atoms with Crippen LogP contribution in [0.5, 0.6) is 0 Å². The van der Waals surface area contributed by atoms with Gasteiger partial charge in [-0.05, 0) is 39.3 Å². The second-order valence-corrected chi connectivity index (χ2v) is 22.2. The van der Waals surface area contributed by atoms with Crippen molar-refractivity contribution in [3.8, 4) is 0 Å². The monoisotopic (exact) mass is 372 g/mol. The summed E-state index contributed by atoms with van der Waals surface area (Å²) in [5.41, 5.74) is 0.299. The predicted octanol–water partition coefficient (Wildman–Crippen LogP) is 3.55. The molecule has 0 aliphatic rings. The van der Waals surface area contributed by atoms with Crippen LogP contribution in [0.1, 0.15) is 21.0 Å². The van der Waals surface area contributed by atoms with Crippen molar-refractivity contribution in [1.29, 1.82) is 0 Å². The van der Waals surface area contributed by atoms with Gasteiger partial charge >= 0.3 is 11.9 Å². The minimum atomic E-state index is -2.08. The van der Waals surface area contributed by atoms with E-state index in [1.54, 1.807) is 6.33 Å². The molecule has 0 bridgehead atoms. The van der Waals surface area contributed by atoms with Crippen molar-refractivity contribution in [3.63, 3.8) is 0 Å². The fourth-order valence-corrected chi connectivity index (χ4v) is 4.43. The molecule has 9 heteroatoms. The molecule has 0 saturated heterocycles. The first-order chi connectivity index (χ1) is 10.1. The molecule has 0 aliphatic carbocycles. The van der Waals surface area contributed by atoms with Crippen LogP contribution < -0.4 is 0 Å². The van der Waals surface area contributed by atoms with Crippen molar-refractivity contribution in [3.05, 3.63) is 17.7 Å². The third-order valence-electron chi connectivity index (χ3n) is 2.67. The van der Waals surface area contributed by atoms with Crippen molar-refractivity contribution in [2.75, 3.05) is 0 Å². The Morgan fingerprint density at radius 2 is 1.30 bits per heavy atom. The lowest BCUT2D eigenvalue weighted by atomic mass is 10.3. The van der Waals surface area contributed by atoms with Crippen molar-refractivity contribution in [2.45, 2.75) is 58.9 Å². The van der Waals surface area contributed by atoms with Gasteiger partial charge in [-0.1, -0.05) is 19.6 Å². The molecule has 0 amide bonds. The quantitative estimate of drug-likeness (QED) is 0.739. The highest BCUT2D eigenvalue weighted by atomic mass is 28.4. The Labute approximate surface area is 141 Å². The van der Waals surface area contributed by atoms with Crippen LogP contribution in [0.4, 0.5) is 0 Å². The summed E-state index contributed by atoms with van der Waals surface area (Å²) in [7, 11) is -6.08. The van der Waals surface area contributed by atoms with Gasteiger partial charge in [0, 0.05) is 0 Å². The summed E-state index contributed by atoms with van der Waals surface area (Å²) in [6.45, 7) is 17.8. The Hall–Kier alpha value is -1.20. The van der Waals surface area contributed by atoms with Crippen molar-refractivity contribution >= 4 is 36.8 Å². The molecule has 0 aromatic carbocycles. The number of hydrogen-bond acceptors (Lipinski definition) is 5. The van der Waals surface area contributed by atoms with E-state index in [0.29, 0.717) is 0 Å². The van der Waals surface area contributed by atoms with E-state index in [-0.39, 0.29) is 11.4 Å². The van der Waals surface area contributed by atoms with Crippen LogP contribution >= 0.6 is 0 Å². The molecule has 1 rings (SSSR count). The first-order valence-electron chi connectivity index (χ1n) is 7.66. The summed E-state index contributed by atoms with van der Waals surface area (Å²) in [4.78, 5) is 29.3. The summed E-state index contributed by atoms with van der Waals surface area (Å²) in [5.74, 6) is -1.02. The molecule has 0 unspecified atom stereocenters. The van der Waals surface area contributed by atoms with Crippen LogP contribution in [0, 0.1) is 0 Å². The van der Waals surface area contributed by atoms with Crippen LogP contribution in [-0.4, -0.2) is 46.0 Å². The van der Waals surface area contributed by atoms with Crippen molar-refractivity contribution in [2.24, 2.45) is 0 Å². The Bertz CT molecular complexity index is 607. The maximum atomic E-state index is 12.7. The van der Waals surface area contributed by atoms with E-state index >= 15 is 0 Å². The number of rotatable bonds is 5. The number of carbonyl (C=O) groups excluding carboxylic acids is 2. The largest absolute Gasteiger partial charge is 0.515 e. The van der Waals surface area contributed by atoms with Gasteiger partial charge in [0.2, 0.25) is 16.6 Å². The van der Waals surface area contributed by atoms with Gasteiger partial charge in [0.05, 0.1) is 6.33 Å². The summed E-state index contributed by atoms with van der Waals surface area (Å²) >= 11 is 0. The summed E-state index contributed by atoms with van der Waals surface area (Å²) in [6, 6.07) is 0. The maximum absolute atomic E-state index is 12.7. The molecule has 0 saturated carbocycles. The number of imidazole rings is 1. The van der Waals surface area contributed by atoms with Crippen LogP contribution in [0.3, 0.4) is 0 Å². The number of nitrogens with zero attached hydrogens (tertiary/aromatic N) is 2. The molecule has 1 heterocycles. The minimum Gasteiger partial charge on any atom is -0.515 e. The summed E-state index contributed by atoms with van der Waals surface area (Å²) in [5, 5.41) is 0. The highest BCUT2D eigenvalue weighted by Gasteiger charge is 2.34. The fourth-order valence-electron chi connectivity index (χ4n) is 1.85. The lowest BCUT2D eigenvalue weighted by molar-refractivity contribution is 0.0672. The van der Waals surface area contributed by atoms with Crippen LogP contribution in [0.15, 0.2) is 6.33 Å². The minimum absolute atomic E-state index is 0.0677. The molecule has 0 aliphatic heterocycles. The molecule has 23 heavy (non-hydrogen) atoms. The lowest BCUT2D eigenvalue weighted by Gasteiger charge is -2.24. The van der Waals surface area contributed by atoms with Gasteiger partial charge in [-0.25, -0.2) is 14.6 Å². The molecular weight excluding hydrogens is 344 g/mol. The first kappa shape index (κ1) is 19.8. The molecule has 130 valence electrons. The molecule has 0 N–H and O–H groups in total. The smallest absolute Gasteiger partial charge is 0.346 e. The van der Waals surface area contributed by atoms with E-state index in [1.165, 1.54) is 0 Å². The molecule has 1 aromatic rings. The molecule has 0 spiro atoms. The zero-order valence-corrected chi connectivity index (χ0v) is 18.6. The van der Waals surface area contributed by atoms with Gasteiger partial charge in [-0.2, -0.15) is 0 Å². The average molecular weight is 373 g/mol. The van der Waals surface area contributed by atoms with Gasteiger partial charge in [-0.3, -0.25) is 0 Å². The van der Waals surface area contributed by atoms with E-state index in [1.807, 2.05) is 43.5 Å². The van der Waals surface area contributed by atoms with E-state index < -0.39 is 36.8 Å². The van der Waals surface area contributed by atoms with Gasteiger partial charge in [-0.15, -0.1) is 0 Å². The molecule has 6 nitrogen and oxygen atoms in total. The maximum Gasteiger partial charge on any atom is 0.346 e. The third kappa shape index (κ3) is 5.74. The second-order valence-electron chi connectivity index (χ2n) is 8.49. The van der Waals surface area contributed by atoms with Crippen molar-refractivity contribution in [1.82, 2.24) is 9.22 Å². The number of aromatic nitrogens is 2. The standard InChI is InChI=1S/C14H28N2O4Si3/c1-21(2,3)16-10-15-11(13(17)19-22(4,5)6)12(16)14(18)20-23(7,8)9/h10H,1-9H3. The first-order valence-corrected chi connectivity index (χ1v) is 17.9. The highest BCUT2D eigenvalue weighted by Crippen LogP contribution is 2.20. The Morgan fingerprint density at radius 1 is 0.870 bits per heavy atom. The third-order valence-corrected chi connectivity index (χ3v) is 6.05. The van der Waals surface area contributed by atoms with E-state index in [4.69, 9.17) is 8.85 Å². The van der Waals surface area contributed by atoms with E-state index in [9.17, 15) is 9.59 Å². The van der Waals surface area contributed by atoms with Gasteiger partial charge < -0.3 is 13.1 Å². The van der Waals surface area contributed by atoms with Gasteiger partial charge in [0.25, 0.3) is 0 Å². The highest BCUT2D eigenvalue weighted by molar-refractivity contribution is 6.75.